The van der Waals surface area contributed by atoms with Crippen molar-refractivity contribution in [3.05, 3.63) is 35.9 Å². The van der Waals surface area contributed by atoms with Crippen molar-refractivity contribution in [1.82, 2.24) is 26.2 Å². The van der Waals surface area contributed by atoms with E-state index in [0.29, 0.717) is 43.0 Å². The molecule has 1 aromatic carbocycles. The highest BCUT2D eigenvalue weighted by Crippen LogP contribution is 2.20. The summed E-state index contributed by atoms with van der Waals surface area (Å²) in [7, 11) is 0. The normalized spacial score (nSPS) is 20.6. The molecule has 12 nitrogen and oxygen atoms in total. The average molecular weight is 730 g/mol. The number of amides is 4. The molecule has 0 radical (unpaired) electrons. The zero-order chi connectivity index (χ0) is 37.5. The molecule has 5 atom stereocenters. The lowest BCUT2D eigenvalue weighted by Gasteiger charge is -2.39. The Labute approximate surface area is 314 Å². The molecule has 1 aromatic rings. The first-order valence-electron chi connectivity index (χ1n) is 18.3. The van der Waals surface area contributed by atoms with Crippen LogP contribution in [0.1, 0.15) is 116 Å². The molecule has 2 saturated heterocycles. The second-order valence-electron chi connectivity index (χ2n) is 14.9. The van der Waals surface area contributed by atoms with Crippen LogP contribution in [-0.2, 0) is 25.7 Å². The fraction of sp³-hybridized carbons (Fsp3) is 0.700. The summed E-state index contributed by atoms with van der Waals surface area (Å²) in [5, 5.41) is 11.7. The van der Waals surface area contributed by atoms with Crippen LogP contribution < -0.4 is 21.3 Å². The molecule has 0 unspecified atom stereocenters. The molecule has 3 rings (SSSR count). The monoisotopic (exact) mass is 730 g/mol. The number of carbonyl (C=O) groups is 4. The molecule has 0 aromatic heterocycles. The van der Waals surface area contributed by atoms with Gasteiger partial charge in [0.2, 0.25) is 17.7 Å². The molecule has 4 N–H and O–H groups in total. The van der Waals surface area contributed by atoms with E-state index in [-0.39, 0.29) is 75.8 Å². The number of nitrogens with zero attached hydrogens (tertiary/aromatic N) is 3. The second-order valence-corrected chi connectivity index (χ2v) is 14.9. The van der Waals surface area contributed by atoms with Crippen LogP contribution in [0.25, 0.3) is 0 Å². The van der Waals surface area contributed by atoms with Gasteiger partial charge in [0.05, 0.1) is 30.7 Å². The van der Waals surface area contributed by atoms with Crippen molar-refractivity contribution in [3.63, 3.8) is 0 Å². The van der Waals surface area contributed by atoms with Crippen LogP contribution >= 0.6 is 0 Å². The first-order valence-corrected chi connectivity index (χ1v) is 18.3. The average Bonchev–Trinajstić information content (AvgIpc) is 3.05. The van der Waals surface area contributed by atoms with Crippen LogP contribution in [0.15, 0.2) is 40.3 Å². The number of rotatable bonds is 13. The number of piperazine rings is 2. The summed E-state index contributed by atoms with van der Waals surface area (Å²) in [5.74, 6) is 2.42. The summed E-state index contributed by atoms with van der Waals surface area (Å²) < 4.78 is 5.29. The highest BCUT2D eigenvalue weighted by atomic mass is 16.5. The van der Waals surface area contributed by atoms with Crippen LogP contribution in [0.3, 0.4) is 0 Å². The van der Waals surface area contributed by atoms with Gasteiger partial charge in [0.25, 0.3) is 0 Å². The van der Waals surface area contributed by atoms with Gasteiger partial charge in [0.15, 0.2) is 0 Å². The quantitative estimate of drug-likeness (QED) is 0.186. The largest absolute Gasteiger partial charge is 0.445 e. The molecule has 2 fully saturated rings. The Kier molecular flexibility index (Phi) is 22.0. The molecule has 296 valence electrons. The lowest BCUT2D eigenvalue weighted by molar-refractivity contribution is -0.140. The molecule has 0 saturated carbocycles. The Morgan fingerprint density at radius 1 is 0.827 bits per heavy atom. The Morgan fingerprint density at radius 3 is 1.88 bits per heavy atom. The van der Waals surface area contributed by atoms with Crippen molar-refractivity contribution in [3.8, 4) is 0 Å². The molecule has 2 aliphatic rings. The van der Waals surface area contributed by atoms with Crippen molar-refractivity contribution >= 4 is 35.5 Å². The number of nitrogens with one attached hydrogen (secondary N) is 4. The minimum Gasteiger partial charge on any atom is -0.445 e. The van der Waals surface area contributed by atoms with Gasteiger partial charge in [-0.2, -0.15) is 0 Å². The van der Waals surface area contributed by atoms with E-state index in [2.05, 4.69) is 88.6 Å². The fourth-order valence-electron chi connectivity index (χ4n) is 5.27. The van der Waals surface area contributed by atoms with Crippen LogP contribution in [-0.4, -0.2) is 83.7 Å². The molecule has 0 aliphatic carbocycles. The van der Waals surface area contributed by atoms with Crippen LogP contribution in [0.4, 0.5) is 4.79 Å². The van der Waals surface area contributed by atoms with Crippen molar-refractivity contribution in [2.45, 2.75) is 147 Å². The number of ether oxygens (including phenoxy) is 1. The van der Waals surface area contributed by atoms with Crippen molar-refractivity contribution in [1.29, 1.82) is 0 Å². The van der Waals surface area contributed by atoms with E-state index in [1.165, 1.54) is 0 Å². The van der Waals surface area contributed by atoms with E-state index in [1.807, 2.05) is 44.2 Å². The van der Waals surface area contributed by atoms with Crippen molar-refractivity contribution in [2.24, 2.45) is 33.7 Å². The number of hydrogen-bond donors (Lipinski definition) is 4. The second kappa shape index (κ2) is 23.7. The zero-order valence-electron chi connectivity index (χ0n) is 32.2. The van der Waals surface area contributed by atoms with E-state index in [1.54, 1.807) is 4.90 Å². The molecule has 2 aliphatic heterocycles. The SMILES string of the molecule is C.C.CC(C)C[C@H]1NCC(=O)NC1=N[C@H](C)C(C)C.CC[C@H](NC(=O)OCc1ccccc1)C(=O)N1CC(=O)NC(=N[C@H](C)C(C)C)[C@H]1CC(C)C. The highest BCUT2D eigenvalue weighted by molar-refractivity contribution is 6.07. The predicted octanol–water partition coefficient (Wildman–Crippen LogP) is 6.34. The van der Waals surface area contributed by atoms with Crippen LogP contribution in [0.5, 0.6) is 0 Å². The smallest absolute Gasteiger partial charge is 0.408 e. The van der Waals surface area contributed by atoms with E-state index in [9.17, 15) is 19.2 Å². The van der Waals surface area contributed by atoms with Gasteiger partial charge in [0, 0.05) is 0 Å². The summed E-state index contributed by atoms with van der Waals surface area (Å²) in [6.45, 7) is 23.3. The third-order valence-electron chi connectivity index (χ3n) is 8.89. The van der Waals surface area contributed by atoms with E-state index < -0.39 is 12.1 Å². The van der Waals surface area contributed by atoms with E-state index in [4.69, 9.17) is 9.73 Å². The van der Waals surface area contributed by atoms with Gasteiger partial charge >= 0.3 is 6.09 Å². The number of amidine groups is 2. The maximum atomic E-state index is 13.5. The Bertz CT molecular complexity index is 1310. The number of hydrogen-bond acceptors (Lipinski definition) is 8. The number of benzene rings is 1. The van der Waals surface area contributed by atoms with Gasteiger partial charge in [0.1, 0.15) is 30.9 Å². The number of alkyl carbamates (subject to hydrolysis) is 1. The van der Waals surface area contributed by atoms with Gasteiger partial charge in [-0.1, -0.05) is 107 Å². The minimum atomic E-state index is -0.794. The summed E-state index contributed by atoms with van der Waals surface area (Å²) >= 11 is 0. The van der Waals surface area contributed by atoms with Gasteiger partial charge < -0.3 is 25.6 Å². The van der Waals surface area contributed by atoms with Crippen LogP contribution in [0, 0.1) is 23.7 Å². The Hall–Kier alpha value is -3.80. The van der Waals surface area contributed by atoms with Gasteiger partial charge in [-0.05, 0) is 62.3 Å². The third-order valence-corrected chi connectivity index (χ3v) is 8.89. The molecule has 52 heavy (non-hydrogen) atoms. The third kappa shape index (κ3) is 16.3. The van der Waals surface area contributed by atoms with Crippen LogP contribution in [0.2, 0.25) is 0 Å². The first-order chi connectivity index (χ1) is 23.5. The summed E-state index contributed by atoms with van der Waals surface area (Å²) in [6.07, 6.45) is 1.37. The molecule has 12 heteroatoms. The Balaban J connectivity index is 0.00000116. The first kappa shape index (κ1) is 48.2. The molecule has 0 spiro atoms. The molecular weight excluding hydrogens is 658 g/mol. The van der Waals surface area contributed by atoms with Crippen molar-refractivity contribution in [2.75, 3.05) is 13.1 Å². The molecule has 2 heterocycles. The van der Waals surface area contributed by atoms with Gasteiger partial charge in [-0.25, -0.2) is 4.79 Å². The maximum absolute atomic E-state index is 13.5. The molecular formula is C40H71N7O5. The minimum absolute atomic E-state index is 0. The van der Waals surface area contributed by atoms with E-state index >= 15 is 0 Å². The standard InChI is InChI=1S/C25H38N4O4.C13H25N3O.2CH4/c1-7-20(27-25(32)33-15-19-11-9-8-10-12-19)24(31)29-14-22(30)28-23(21(29)13-16(2)3)26-18(6)17(4)5;1-8(2)6-11-13(15-10(5)9(3)4)16-12(17)7-14-11;;/h8-12,16-18,20-21H,7,13-15H2,1-6H3,(H,27,32)(H,26,28,30);8-11,14H,6-7H2,1-5H3,(H,15,16,17);2*1H4/t18-,20+,21-;10-,11-;;/m11../s1. The Morgan fingerprint density at radius 2 is 1.37 bits per heavy atom. The van der Waals surface area contributed by atoms with Gasteiger partial charge in [-0.3, -0.25) is 29.7 Å². The fourth-order valence-corrected chi connectivity index (χ4v) is 5.27. The highest BCUT2D eigenvalue weighted by Gasteiger charge is 2.38. The van der Waals surface area contributed by atoms with Gasteiger partial charge in [-0.15, -0.1) is 0 Å². The lowest BCUT2D eigenvalue weighted by Crippen LogP contribution is -2.63. The summed E-state index contributed by atoms with van der Waals surface area (Å²) in [6, 6.07) is 8.61. The lowest BCUT2D eigenvalue weighted by atomic mass is 9.97. The van der Waals surface area contributed by atoms with Crippen molar-refractivity contribution < 1.29 is 23.9 Å². The predicted molar refractivity (Wildman–Crippen MR) is 213 cm³/mol. The maximum Gasteiger partial charge on any atom is 0.408 e. The number of aliphatic imine (C=N–C) groups is 2. The topological polar surface area (TPSA) is 154 Å². The summed E-state index contributed by atoms with van der Waals surface area (Å²) in [5.41, 5.74) is 0.858. The molecule has 0 bridgehead atoms. The summed E-state index contributed by atoms with van der Waals surface area (Å²) in [4.78, 5) is 60.6. The molecule has 4 amide bonds. The zero-order valence-corrected chi connectivity index (χ0v) is 32.2. The number of carbonyl (C=O) groups excluding carboxylic acids is 4. The van der Waals surface area contributed by atoms with E-state index in [0.717, 1.165) is 17.8 Å².